The lowest BCUT2D eigenvalue weighted by Crippen LogP contribution is -2.10. The molecule has 0 unspecified atom stereocenters. The fraction of sp³-hybridized carbons (Fsp3) is 0.333. The molecule has 2 rings (SSSR count). The molecular weight excluding hydrogens is 258 g/mol. The summed E-state index contributed by atoms with van der Waals surface area (Å²) in [5, 5.41) is 0.741. The van der Waals surface area contributed by atoms with Crippen molar-refractivity contribution in [3.8, 4) is 0 Å². The number of hydrogen-bond donors (Lipinski definition) is 1. The zero-order valence-corrected chi connectivity index (χ0v) is 12.0. The van der Waals surface area contributed by atoms with Crippen LogP contribution in [0.1, 0.15) is 28.3 Å². The molecule has 0 radical (unpaired) electrons. The van der Waals surface area contributed by atoms with Gasteiger partial charge in [-0.15, -0.1) is 0 Å². The first kappa shape index (κ1) is 14.0. The van der Waals surface area contributed by atoms with E-state index in [9.17, 15) is 0 Å². The molecule has 2 aromatic rings. The molecule has 0 aliphatic heterocycles. The second-order valence-corrected chi connectivity index (χ2v) is 5.07. The Balaban J connectivity index is 2.27. The van der Waals surface area contributed by atoms with Gasteiger partial charge in [0.05, 0.1) is 0 Å². The van der Waals surface area contributed by atoms with Gasteiger partial charge in [0.1, 0.15) is 5.82 Å². The summed E-state index contributed by atoms with van der Waals surface area (Å²) in [6.07, 6.45) is 1.53. The summed E-state index contributed by atoms with van der Waals surface area (Å²) in [7, 11) is 0. The number of benzene rings is 1. The van der Waals surface area contributed by atoms with E-state index >= 15 is 0 Å². The van der Waals surface area contributed by atoms with Crippen molar-refractivity contribution < 1.29 is 0 Å². The molecule has 0 atom stereocenters. The predicted octanol–water partition coefficient (Wildman–Crippen LogP) is 2.84. The van der Waals surface area contributed by atoms with Crippen molar-refractivity contribution in [1.29, 1.82) is 0 Å². The molecule has 19 heavy (non-hydrogen) atoms. The van der Waals surface area contributed by atoms with Gasteiger partial charge in [-0.25, -0.2) is 9.97 Å². The average molecular weight is 276 g/mol. The quantitative estimate of drug-likeness (QED) is 0.933. The van der Waals surface area contributed by atoms with Gasteiger partial charge in [-0.3, -0.25) is 0 Å². The zero-order chi connectivity index (χ0) is 13.8. The molecule has 0 aliphatic carbocycles. The van der Waals surface area contributed by atoms with Gasteiger partial charge < -0.3 is 5.73 Å². The Morgan fingerprint density at radius 1 is 1.16 bits per heavy atom. The van der Waals surface area contributed by atoms with E-state index in [-0.39, 0.29) is 0 Å². The lowest BCUT2D eigenvalue weighted by atomic mass is 10.1. The molecule has 0 amide bonds. The van der Waals surface area contributed by atoms with Gasteiger partial charge in [-0.05, 0) is 50.1 Å². The van der Waals surface area contributed by atoms with Gasteiger partial charge in [0.15, 0.2) is 0 Å². The molecule has 1 aromatic carbocycles. The lowest BCUT2D eigenvalue weighted by molar-refractivity contribution is 0.851. The van der Waals surface area contributed by atoms with Crippen molar-refractivity contribution in [2.75, 3.05) is 6.54 Å². The van der Waals surface area contributed by atoms with Crippen molar-refractivity contribution in [2.45, 2.75) is 26.7 Å². The van der Waals surface area contributed by atoms with Crippen molar-refractivity contribution in [3.05, 3.63) is 57.6 Å². The molecule has 0 fully saturated rings. The minimum Gasteiger partial charge on any atom is -0.330 e. The average Bonchev–Trinajstić information content (AvgIpc) is 2.34. The Morgan fingerprint density at radius 3 is 2.42 bits per heavy atom. The van der Waals surface area contributed by atoms with Crippen molar-refractivity contribution in [2.24, 2.45) is 5.73 Å². The van der Waals surface area contributed by atoms with Crippen molar-refractivity contribution >= 4 is 11.6 Å². The highest BCUT2D eigenvalue weighted by molar-refractivity contribution is 6.30. The van der Waals surface area contributed by atoms with Gasteiger partial charge in [0, 0.05) is 22.8 Å². The number of rotatable bonds is 4. The van der Waals surface area contributed by atoms with E-state index in [2.05, 4.69) is 9.97 Å². The molecule has 0 aliphatic rings. The minimum absolute atomic E-state index is 0.624. The van der Waals surface area contributed by atoms with Crippen LogP contribution in [0.15, 0.2) is 24.3 Å². The highest BCUT2D eigenvalue weighted by Crippen LogP contribution is 2.15. The van der Waals surface area contributed by atoms with Crippen molar-refractivity contribution in [3.63, 3.8) is 0 Å². The molecular formula is C15H18ClN3. The molecule has 0 bridgehead atoms. The summed E-state index contributed by atoms with van der Waals surface area (Å²) in [6.45, 7) is 4.65. The van der Waals surface area contributed by atoms with Crippen LogP contribution < -0.4 is 5.73 Å². The van der Waals surface area contributed by atoms with E-state index in [1.165, 1.54) is 0 Å². The molecule has 0 saturated carbocycles. The maximum atomic E-state index is 5.99. The van der Waals surface area contributed by atoms with Gasteiger partial charge >= 0.3 is 0 Å². The molecule has 1 aromatic heterocycles. The maximum absolute atomic E-state index is 5.99. The zero-order valence-electron chi connectivity index (χ0n) is 11.3. The van der Waals surface area contributed by atoms with Crippen LogP contribution in [-0.2, 0) is 12.8 Å². The number of aromatic nitrogens is 2. The van der Waals surface area contributed by atoms with E-state index in [0.29, 0.717) is 13.0 Å². The van der Waals surface area contributed by atoms with Gasteiger partial charge in [0.2, 0.25) is 0 Å². The third kappa shape index (κ3) is 3.52. The van der Waals surface area contributed by atoms with E-state index in [1.54, 1.807) is 0 Å². The minimum atomic E-state index is 0.624. The summed E-state index contributed by atoms with van der Waals surface area (Å²) < 4.78 is 0. The first-order chi connectivity index (χ1) is 9.10. The van der Waals surface area contributed by atoms with Crippen LogP contribution >= 0.6 is 11.6 Å². The molecule has 2 N–H and O–H groups in total. The largest absolute Gasteiger partial charge is 0.330 e. The molecule has 4 heteroatoms. The summed E-state index contributed by atoms with van der Waals surface area (Å²) in [6, 6.07) is 7.80. The van der Waals surface area contributed by atoms with Crippen LogP contribution in [-0.4, -0.2) is 16.5 Å². The van der Waals surface area contributed by atoms with E-state index in [0.717, 1.165) is 39.8 Å². The first-order valence-corrected chi connectivity index (χ1v) is 6.75. The smallest absolute Gasteiger partial charge is 0.133 e. The third-order valence-corrected chi connectivity index (χ3v) is 3.35. The van der Waals surface area contributed by atoms with Gasteiger partial charge in [-0.1, -0.05) is 23.7 Å². The number of halogens is 1. The topological polar surface area (TPSA) is 51.8 Å². The van der Waals surface area contributed by atoms with Crippen LogP contribution in [0.25, 0.3) is 0 Å². The molecule has 1 heterocycles. The SMILES string of the molecule is Cc1nc(Cc2cccc(Cl)c2)nc(C)c1CCN. The number of nitrogens with two attached hydrogens (primary N) is 1. The van der Waals surface area contributed by atoms with Crippen LogP contribution in [0.4, 0.5) is 0 Å². The van der Waals surface area contributed by atoms with E-state index in [4.69, 9.17) is 17.3 Å². The summed E-state index contributed by atoms with van der Waals surface area (Å²) in [5.74, 6) is 0.832. The highest BCUT2D eigenvalue weighted by Gasteiger charge is 2.08. The van der Waals surface area contributed by atoms with Gasteiger partial charge in [0.25, 0.3) is 0 Å². The Bertz CT molecular complexity index is 558. The van der Waals surface area contributed by atoms with Crippen molar-refractivity contribution in [1.82, 2.24) is 9.97 Å². The van der Waals surface area contributed by atoms with E-state index < -0.39 is 0 Å². The Kier molecular flexibility index (Phi) is 4.51. The van der Waals surface area contributed by atoms with E-state index in [1.807, 2.05) is 38.1 Å². The van der Waals surface area contributed by atoms with Crippen LogP contribution in [0, 0.1) is 13.8 Å². The summed E-state index contributed by atoms with van der Waals surface area (Å²) >= 11 is 5.99. The van der Waals surface area contributed by atoms with Crippen LogP contribution in [0.5, 0.6) is 0 Å². The molecule has 0 saturated heterocycles. The fourth-order valence-corrected chi connectivity index (χ4v) is 2.44. The predicted molar refractivity (Wildman–Crippen MR) is 78.5 cm³/mol. The maximum Gasteiger partial charge on any atom is 0.133 e. The highest BCUT2D eigenvalue weighted by atomic mass is 35.5. The Morgan fingerprint density at radius 2 is 1.84 bits per heavy atom. The van der Waals surface area contributed by atoms with Crippen LogP contribution in [0.3, 0.4) is 0 Å². The fourth-order valence-electron chi connectivity index (χ4n) is 2.22. The lowest BCUT2D eigenvalue weighted by Gasteiger charge is -2.10. The second kappa shape index (κ2) is 6.13. The number of hydrogen-bond acceptors (Lipinski definition) is 3. The Labute approximate surface area is 118 Å². The molecule has 3 nitrogen and oxygen atoms in total. The summed E-state index contributed by atoms with van der Waals surface area (Å²) in [4.78, 5) is 9.14. The third-order valence-electron chi connectivity index (χ3n) is 3.11. The van der Waals surface area contributed by atoms with Gasteiger partial charge in [-0.2, -0.15) is 0 Å². The monoisotopic (exact) mass is 275 g/mol. The first-order valence-electron chi connectivity index (χ1n) is 6.37. The second-order valence-electron chi connectivity index (χ2n) is 4.63. The normalized spacial score (nSPS) is 10.7. The number of nitrogens with zero attached hydrogens (tertiary/aromatic N) is 2. The standard InChI is InChI=1S/C15H18ClN3/c1-10-14(6-7-17)11(2)19-15(18-10)9-12-4-3-5-13(16)8-12/h3-5,8H,6-7,9,17H2,1-2H3. The number of aryl methyl sites for hydroxylation is 2. The molecule has 100 valence electrons. The van der Waals surface area contributed by atoms with Crippen LogP contribution in [0.2, 0.25) is 5.02 Å². The summed E-state index contributed by atoms with van der Waals surface area (Å²) in [5.41, 5.74) is 9.94. The molecule has 0 spiro atoms. The Hall–Kier alpha value is -1.45.